The van der Waals surface area contributed by atoms with Gasteiger partial charge in [0.1, 0.15) is 0 Å². The van der Waals surface area contributed by atoms with E-state index in [2.05, 4.69) is 14.5 Å². The maximum atomic E-state index is 12.1. The van der Waals surface area contributed by atoms with E-state index in [1.165, 1.54) is 14.0 Å². The molecule has 0 N–H and O–H groups in total. The first-order valence-electron chi connectivity index (χ1n) is 4.68. The zero-order chi connectivity index (χ0) is 13.9. The third kappa shape index (κ3) is 3.25. The smallest absolute Gasteiger partial charge is 0.494 e. The summed E-state index contributed by atoms with van der Waals surface area (Å²) in [4.78, 5) is 15.0. The molecule has 0 aliphatic carbocycles. The summed E-state index contributed by atoms with van der Waals surface area (Å²) in [6, 6.07) is 0.933. The first kappa shape index (κ1) is 14.1. The van der Waals surface area contributed by atoms with Gasteiger partial charge in [0.15, 0.2) is 17.2 Å². The molecule has 0 atom stereocenters. The second kappa shape index (κ2) is 5.11. The summed E-state index contributed by atoms with van der Waals surface area (Å²) in [5, 5.41) is 0. The van der Waals surface area contributed by atoms with Crippen molar-refractivity contribution in [1.29, 1.82) is 0 Å². The topological polar surface area (TPSA) is 57.7 Å². The molecule has 0 saturated carbocycles. The van der Waals surface area contributed by atoms with Gasteiger partial charge in [0.05, 0.1) is 19.9 Å². The zero-order valence-electron chi connectivity index (χ0n) is 9.79. The van der Waals surface area contributed by atoms with Crippen LogP contribution in [-0.2, 0) is 4.74 Å². The first-order valence-corrected chi connectivity index (χ1v) is 4.68. The largest absolute Gasteiger partial charge is 0.573 e. The van der Waals surface area contributed by atoms with Gasteiger partial charge >= 0.3 is 12.3 Å². The molecule has 1 heterocycles. The van der Waals surface area contributed by atoms with Crippen LogP contribution in [0.5, 0.6) is 11.5 Å². The fourth-order valence-electron chi connectivity index (χ4n) is 1.20. The number of pyridine rings is 1. The van der Waals surface area contributed by atoms with Gasteiger partial charge in [-0.2, -0.15) is 0 Å². The van der Waals surface area contributed by atoms with E-state index in [0.29, 0.717) is 0 Å². The molecule has 0 aliphatic heterocycles. The lowest BCUT2D eigenvalue weighted by Gasteiger charge is -2.13. The van der Waals surface area contributed by atoms with Crippen molar-refractivity contribution in [2.75, 3.05) is 14.2 Å². The Bertz CT molecular complexity index is 459. The molecular weight excluding hydrogens is 255 g/mol. The van der Waals surface area contributed by atoms with Gasteiger partial charge < -0.3 is 14.2 Å². The molecule has 1 aromatic heterocycles. The highest BCUT2D eigenvalue weighted by molar-refractivity contribution is 5.90. The second-order valence-electron chi connectivity index (χ2n) is 3.16. The predicted octanol–water partition coefficient (Wildman–Crippen LogP) is 2.08. The molecule has 0 unspecified atom stereocenters. The van der Waals surface area contributed by atoms with Crippen LogP contribution in [0.25, 0.3) is 0 Å². The normalized spacial score (nSPS) is 11.0. The number of aryl methyl sites for hydroxylation is 1. The van der Waals surface area contributed by atoms with Gasteiger partial charge in [-0.3, -0.25) is 0 Å². The summed E-state index contributed by atoms with van der Waals surface area (Å²) in [7, 11) is 2.31. The number of alkyl halides is 3. The minimum Gasteiger partial charge on any atom is -0.494 e. The number of hydrogen-bond donors (Lipinski definition) is 0. The van der Waals surface area contributed by atoms with Crippen molar-refractivity contribution >= 4 is 5.97 Å². The minimum atomic E-state index is -4.84. The molecule has 8 heteroatoms. The number of halogens is 3. The van der Waals surface area contributed by atoms with Crippen molar-refractivity contribution < 1.29 is 32.2 Å². The highest BCUT2D eigenvalue weighted by Crippen LogP contribution is 2.30. The number of methoxy groups -OCH3 is 2. The summed E-state index contributed by atoms with van der Waals surface area (Å²) in [6.07, 6.45) is -4.84. The van der Waals surface area contributed by atoms with Crippen molar-refractivity contribution in [3.8, 4) is 11.5 Å². The van der Waals surface area contributed by atoms with Crippen LogP contribution < -0.4 is 9.47 Å². The third-order valence-electron chi connectivity index (χ3n) is 1.96. The Balaban J connectivity index is 3.22. The molecule has 0 bridgehead atoms. The van der Waals surface area contributed by atoms with Gasteiger partial charge in [-0.15, -0.1) is 13.2 Å². The first-order chi connectivity index (χ1) is 8.28. The molecule has 0 saturated heterocycles. The van der Waals surface area contributed by atoms with Crippen molar-refractivity contribution in [3.63, 3.8) is 0 Å². The van der Waals surface area contributed by atoms with E-state index < -0.39 is 18.1 Å². The number of aromatic nitrogens is 1. The molecule has 5 nitrogen and oxygen atoms in total. The highest BCUT2D eigenvalue weighted by Gasteiger charge is 2.33. The molecule has 0 aromatic carbocycles. The van der Waals surface area contributed by atoms with Crippen molar-refractivity contribution in [2.24, 2.45) is 0 Å². The van der Waals surface area contributed by atoms with E-state index in [9.17, 15) is 18.0 Å². The Morgan fingerprint density at radius 3 is 2.33 bits per heavy atom. The highest BCUT2D eigenvalue weighted by atomic mass is 19.4. The standard InChI is InChI=1S/C10H10F3NO4/c1-5-6(18-10(11,12)13)4-7(16-2)8(14-5)9(15)17-3/h4H,1-3H3. The quantitative estimate of drug-likeness (QED) is 0.783. The molecule has 1 aromatic rings. The fourth-order valence-corrected chi connectivity index (χ4v) is 1.20. The van der Waals surface area contributed by atoms with Crippen LogP contribution in [0, 0.1) is 6.92 Å². The van der Waals surface area contributed by atoms with Gasteiger partial charge in [-0.25, -0.2) is 9.78 Å². The average molecular weight is 265 g/mol. The second-order valence-corrected chi connectivity index (χ2v) is 3.16. The number of ether oxygens (including phenoxy) is 3. The van der Waals surface area contributed by atoms with Crippen LogP contribution in [0.2, 0.25) is 0 Å². The lowest BCUT2D eigenvalue weighted by molar-refractivity contribution is -0.275. The molecule has 18 heavy (non-hydrogen) atoms. The Labute approximate surface area is 100 Å². The van der Waals surface area contributed by atoms with E-state index in [1.807, 2.05) is 0 Å². The van der Waals surface area contributed by atoms with Crippen LogP contribution in [0.15, 0.2) is 6.07 Å². The van der Waals surface area contributed by atoms with Crippen molar-refractivity contribution in [2.45, 2.75) is 13.3 Å². The van der Waals surface area contributed by atoms with Crippen LogP contribution in [0.3, 0.4) is 0 Å². The molecule has 0 spiro atoms. The predicted molar refractivity (Wildman–Crippen MR) is 53.5 cm³/mol. The van der Waals surface area contributed by atoms with E-state index in [4.69, 9.17) is 4.74 Å². The molecule has 0 aliphatic rings. The van der Waals surface area contributed by atoms with E-state index >= 15 is 0 Å². The third-order valence-corrected chi connectivity index (χ3v) is 1.96. The summed E-state index contributed by atoms with van der Waals surface area (Å²) in [6.45, 7) is 1.27. The van der Waals surface area contributed by atoms with Gasteiger partial charge in [-0.05, 0) is 6.92 Å². The minimum absolute atomic E-state index is 0.103. The summed E-state index contributed by atoms with van der Waals surface area (Å²) >= 11 is 0. The monoisotopic (exact) mass is 265 g/mol. The summed E-state index contributed by atoms with van der Waals surface area (Å²) < 4.78 is 49.2. The van der Waals surface area contributed by atoms with Crippen LogP contribution in [0.4, 0.5) is 13.2 Å². The molecule has 100 valence electrons. The maximum absolute atomic E-state index is 12.1. The average Bonchev–Trinajstić information content (AvgIpc) is 2.28. The van der Waals surface area contributed by atoms with Crippen LogP contribution in [-0.4, -0.2) is 31.5 Å². The van der Waals surface area contributed by atoms with Crippen LogP contribution in [0.1, 0.15) is 16.2 Å². The van der Waals surface area contributed by atoms with Crippen LogP contribution >= 0.6 is 0 Å². The number of esters is 1. The molecule has 0 amide bonds. The number of carbonyl (C=O) groups is 1. The van der Waals surface area contributed by atoms with Gasteiger partial charge in [0, 0.05) is 6.07 Å². The number of carbonyl (C=O) groups excluding carboxylic acids is 1. The Hall–Kier alpha value is -1.99. The maximum Gasteiger partial charge on any atom is 0.573 e. The fraction of sp³-hybridized carbons (Fsp3) is 0.400. The lowest BCUT2D eigenvalue weighted by atomic mass is 10.2. The summed E-state index contributed by atoms with van der Waals surface area (Å²) in [5.41, 5.74) is -0.319. The molecule has 1 rings (SSSR count). The van der Waals surface area contributed by atoms with E-state index in [0.717, 1.165) is 13.2 Å². The Morgan fingerprint density at radius 2 is 1.89 bits per heavy atom. The Kier molecular flexibility index (Phi) is 4.00. The van der Waals surface area contributed by atoms with Gasteiger partial charge in [-0.1, -0.05) is 0 Å². The van der Waals surface area contributed by atoms with E-state index in [1.54, 1.807) is 0 Å². The summed E-state index contributed by atoms with van der Waals surface area (Å²) in [5.74, 6) is -1.51. The van der Waals surface area contributed by atoms with Gasteiger partial charge in [0.2, 0.25) is 0 Å². The number of rotatable bonds is 3. The van der Waals surface area contributed by atoms with Crippen molar-refractivity contribution in [3.05, 3.63) is 17.5 Å². The molecular formula is C10H10F3NO4. The molecule has 0 fully saturated rings. The number of nitrogens with zero attached hydrogens (tertiary/aromatic N) is 1. The zero-order valence-corrected chi connectivity index (χ0v) is 9.79. The van der Waals surface area contributed by atoms with Crippen molar-refractivity contribution in [1.82, 2.24) is 4.98 Å². The SMILES string of the molecule is COC(=O)c1nc(C)c(OC(F)(F)F)cc1OC. The number of hydrogen-bond acceptors (Lipinski definition) is 5. The lowest BCUT2D eigenvalue weighted by Crippen LogP contribution is -2.19. The molecule has 0 radical (unpaired) electrons. The van der Waals surface area contributed by atoms with Gasteiger partial charge in [0.25, 0.3) is 0 Å². The van der Waals surface area contributed by atoms with E-state index in [-0.39, 0.29) is 17.1 Å². The Morgan fingerprint density at radius 1 is 1.28 bits per heavy atom.